The maximum atomic E-state index is 12.5. The quantitative estimate of drug-likeness (QED) is 0.0790. The molecule has 1 aliphatic rings. The van der Waals surface area contributed by atoms with Crippen LogP contribution in [0.15, 0.2) is 4.99 Å². The summed E-state index contributed by atoms with van der Waals surface area (Å²) in [4.78, 5) is 65.2. The Hall–Kier alpha value is -3.38. The lowest BCUT2D eigenvalue weighted by Gasteiger charge is -2.21. The van der Waals surface area contributed by atoms with E-state index in [1.807, 2.05) is 13.8 Å². The molecule has 0 radical (unpaired) electrons. The number of aliphatic imine (C=N–C) groups is 1. The second-order valence-corrected chi connectivity index (χ2v) is 8.47. The number of carbonyl (C=O) groups is 5. The first-order valence-corrected chi connectivity index (χ1v) is 10.9. The molecule has 0 aromatic heterocycles. The third-order valence-corrected chi connectivity index (χ3v) is 4.95. The number of aliphatic carboxylic acids is 1. The number of urea groups is 1. The molecule has 8 N–H and O–H groups in total. The summed E-state index contributed by atoms with van der Waals surface area (Å²) in [5.74, 6) is -2.97. The van der Waals surface area contributed by atoms with E-state index in [1.165, 1.54) is 0 Å². The summed E-state index contributed by atoms with van der Waals surface area (Å²) in [6.07, 6.45) is 1.64. The Morgan fingerprint density at radius 3 is 2.39 bits per heavy atom. The molecule has 0 aliphatic carbocycles. The van der Waals surface area contributed by atoms with E-state index < -0.39 is 54.8 Å². The van der Waals surface area contributed by atoms with Crippen molar-refractivity contribution in [1.29, 1.82) is 0 Å². The summed E-state index contributed by atoms with van der Waals surface area (Å²) in [5.41, 5.74) is 10.5. The molecule has 5 amide bonds. The molecule has 1 unspecified atom stereocenters. The molecule has 13 nitrogen and oxygen atoms in total. The molecule has 0 spiro atoms. The van der Waals surface area contributed by atoms with Gasteiger partial charge >= 0.3 is 12.0 Å². The lowest BCUT2D eigenvalue weighted by molar-refractivity contribution is -0.141. The van der Waals surface area contributed by atoms with E-state index in [1.54, 1.807) is 6.92 Å². The Balaban J connectivity index is 2.66. The average Bonchev–Trinajstić information content (AvgIpc) is 2.96. The molecule has 1 aliphatic heterocycles. The van der Waals surface area contributed by atoms with Crippen molar-refractivity contribution >= 4 is 35.7 Å². The number of nitrogens with zero attached hydrogens (tertiary/aromatic N) is 2. The SMILES string of the molecule is CC(C)CCC(C)NC(=O)[C@H](CC(=O)O)NC(=O)CN1C(=O)N[C@@H](CCCN=C(N)N)C1=O. The van der Waals surface area contributed by atoms with Crippen molar-refractivity contribution < 1.29 is 29.1 Å². The lowest BCUT2D eigenvalue weighted by Crippen LogP contribution is -2.52. The molecule has 1 saturated heterocycles. The van der Waals surface area contributed by atoms with Crippen molar-refractivity contribution in [3.8, 4) is 0 Å². The van der Waals surface area contributed by atoms with Crippen LogP contribution in [0.3, 0.4) is 0 Å². The van der Waals surface area contributed by atoms with Crippen LogP contribution in [0.1, 0.15) is 52.9 Å². The molecule has 13 heteroatoms. The van der Waals surface area contributed by atoms with Crippen molar-refractivity contribution in [2.75, 3.05) is 13.1 Å². The molecular formula is C20H35N7O6. The monoisotopic (exact) mass is 469 g/mol. The number of hydrogen-bond acceptors (Lipinski definition) is 6. The molecule has 0 saturated carbocycles. The van der Waals surface area contributed by atoms with Crippen molar-refractivity contribution in [1.82, 2.24) is 20.9 Å². The summed E-state index contributed by atoms with van der Waals surface area (Å²) < 4.78 is 0. The second-order valence-electron chi connectivity index (χ2n) is 8.47. The predicted octanol–water partition coefficient (Wildman–Crippen LogP) is -1.14. The number of imide groups is 1. The molecule has 0 aromatic rings. The number of carboxylic acids is 1. The van der Waals surface area contributed by atoms with Gasteiger partial charge in [-0.3, -0.25) is 29.1 Å². The summed E-state index contributed by atoms with van der Waals surface area (Å²) >= 11 is 0. The van der Waals surface area contributed by atoms with Crippen LogP contribution < -0.4 is 27.4 Å². The smallest absolute Gasteiger partial charge is 0.325 e. The molecule has 1 heterocycles. The minimum absolute atomic E-state index is 0.0793. The third-order valence-electron chi connectivity index (χ3n) is 4.95. The molecule has 1 fully saturated rings. The number of hydrogen-bond donors (Lipinski definition) is 6. The Kier molecular flexibility index (Phi) is 11.1. The first-order valence-electron chi connectivity index (χ1n) is 10.9. The molecular weight excluding hydrogens is 434 g/mol. The minimum Gasteiger partial charge on any atom is -0.481 e. The second kappa shape index (κ2) is 13.2. The van der Waals surface area contributed by atoms with Crippen LogP contribution in [0, 0.1) is 5.92 Å². The largest absolute Gasteiger partial charge is 0.481 e. The Morgan fingerprint density at radius 1 is 1.15 bits per heavy atom. The third kappa shape index (κ3) is 10.2. The first-order chi connectivity index (χ1) is 15.4. The highest BCUT2D eigenvalue weighted by Crippen LogP contribution is 2.11. The number of rotatable bonds is 14. The topological polar surface area (TPSA) is 209 Å². The summed E-state index contributed by atoms with van der Waals surface area (Å²) in [6.45, 7) is 5.53. The summed E-state index contributed by atoms with van der Waals surface area (Å²) in [7, 11) is 0. The number of amides is 5. The number of nitrogens with one attached hydrogen (secondary N) is 3. The van der Waals surface area contributed by atoms with Gasteiger partial charge in [-0.2, -0.15) is 0 Å². The van der Waals surface area contributed by atoms with Gasteiger partial charge in [0.1, 0.15) is 18.6 Å². The fourth-order valence-corrected chi connectivity index (χ4v) is 3.19. The van der Waals surface area contributed by atoms with Crippen molar-refractivity contribution in [3.05, 3.63) is 0 Å². The molecule has 186 valence electrons. The van der Waals surface area contributed by atoms with Gasteiger partial charge < -0.3 is 32.5 Å². The zero-order valence-electron chi connectivity index (χ0n) is 19.3. The van der Waals surface area contributed by atoms with Gasteiger partial charge in [0.2, 0.25) is 11.8 Å². The van der Waals surface area contributed by atoms with Crippen LogP contribution in [0.4, 0.5) is 4.79 Å². The molecule has 0 aromatic carbocycles. The maximum absolute atomic E-state index is 12.5. The van der Waals surface area contributed by atoms with Gasteiger partial charge in [0.05, 0.1) is 6.42 Å². The summed E-state index contributed by atoms with van der Waals surface area (Å²) in [5, 5.41) is 16.6. The van der Waals surface area contributed by atoms with Crippen molar-refractivity contribution in [3.63, 3.8) is 0 Å². The summed E-state index contributed by atoms with van der Waals surface area (Å²) in [6, 6.07) is -3.12. The van der Waals surface area contributed by atoms with Gasteiger partial charge in [0, 0.05) is 12.6 Å². The highest BCUT2D eigenvalue weighted by Gasteiger charge is 2.39. The normalized spacial score (nSPS) is 17.3. The van der Waals surface area contributed by atoms with Gasteiger partial charge in [-0.1, -0.05) is 13.8 Å². The van der Waals surface area contributed by atoms with Gasteiger partial charge in [-0.15, -0.1) is 0 Å². The minimum atomic E-state index is -1.34. The fourth-order valence-electron chi connectivity index (χ4n) is 3.19. The van der Waals surface area contributed by atoms with E-state index >= 15 is 0 Å². The lowest BCUT2D eigenvalue weighted by atomic mass is 10.0. The van der Waals surface area contributed by atoms with Gasteiger partial charge in [0.15, 0.2) is 5.96 Å². The van der Waals surface area contributed by atoms with Crippen LogP contribution in [0.2, 0.25) is 0 Å². The fraction of sp³-hybridized carbons (Fsp3) is 0.700. The van der Waals surface area contributed by atoms with Crippen LogP contribution in [0.25, 0.3) is 0 Å². The molecule has 33 heavy (non-hydrogen) atoms. The van der Waals surface area contributed by atoms with Crippen LogP contribution >= 0.6 is 0 Å². The number of carbonyl (C=O) groups excluding carboxylic acids is 4. The zero-order valence-corrected chi connectivity index (χ0v) is 19.3. The number of nitrogens with two attached hydrogens (primary N) is 2. The van der Waals surface area contributed by atoms with Gasteiger partial charge in [-0.05, 0) is 38.5 Å². The van der Waals surface area contributed by atoms with Crippen LogP contribution in [0.5, 0.6) is 0 Å². The maximum Gasteiger partial charge on any atom is 0.325 e. The van der Waals surface area contributed by atoms with E-state index in [0.29, 0.717) is 18.8 Å². The highest BCUT2D eigenvalue weighted by atomic mass is 16.4. The van der Waals surface area contributed by atoms with E-state index in [-0.39, 0.29) is 25.0 Å². The van der Waals surface area contributed by atoms with E-state index in [9.17, 15) is 24.0 Å². The molecule has 3 atom stereocenters. The number of carboxylic acid groups (broad SMARTS) is 1. The predicted molar refractivity (Wildman–Crippen MR) is 120 cm³/mol. The zero-order chi connectivity index (χ0) is 25.1. The van der Waals surface area contributed by atoms with Crippen LogP contribution in [-0.4, -0.2) is 76.9 Å². The van der Waals surface area contributed by atoms with Gasteiger partial charge in [-0.25, -0.2) is 4.79 Å². The Morgan fingerprint density at radius 2 is 1.82 bits per heavy atom. The first kappa shape index (κ1) is 27.7. The Bertz CT molecular complexity index is 766. The van der Waals surface area contributed by atoms with Crippen LogP contribution in [-0.2, 0) is 19.2 Å². The van der Waals surface area contributed by atoms with Crippen molar-refractivity contribution in [2.45, 2.75) is 71.0 Å². The Labute approximate surface area is 192 Å². The van der Waals surface area contributed by atoms with Gasteiger partial charge in [0.25, 0.3) is 5.91 Å². The average molecular weight is 470 g/mol. The molecule has 1 rings (SSSR count). The number of guanidine groups is 1. The molecule has 0 bridgehead atoms. The van der Waals surface area contributed by atoms with E-state index in [4.69, 9.17) is 16.6 Å². The van der Waals surface area contributed by atoms with E-state index in [2.05, 4.69) is 20.9 Å². The van der Waals surface area contributed by atoms with E-state index in [0.717, 1.165) is 11.3 Å². The standard InChI is InChI=1S/C20H35N7O6/c1-11(2)6-7-12(3)24-17(31)14(9-16(29)30)25-15(28)10-27-18(32)13(26-20(27)33)5-4-8-23-19(21)22/h11-14H,4-10H2,1-3H3,(H,24,31)(H,25,28)(H,26,33)(H,29,30)(H4,21,22,23)/t12?,13-,14-/m0/s1. The van der Waals surface area contributed by atoms with Crippen molar-refractivity contribution in [2.24, 2.45) is 22.4 Å². The highest BCUT2D eigenvalue weighted by molar-refractivity contribution is 6.06.